The average molecular weight is 273 g/mol. The number of aryl methyl sites for hydroxylation is 2. The fraction of sp³-hybridized carbons (Fsp3) is 0.438. The minimum absolute atomic E-state index is 0.0439. The third kappa shape index (κ3) is 2.95. The maximum absolute atomic E-state index is 12.1. The van der Waals surface area contributed by atoms with Crippen molar-refractivity contribution in [1.29, 1.82) is 0 Å². The molecule has 1 aliphatic carbocycles. The van der Waals surface area contributed by atoms with Crippen LogP contribution in [0.3, 0.4) is 0 Å². The molecule has 0 atom stereocenters. The van der Waals surface area contributed by atoms with E-state index in [1.165, 1.54) is 12.8 Å². The summed E-state index contributed by atoms with van der Waals surface area (Å²) < 4.78 is 10.9. The highest BCUT2D eigenvalue weighted by Gasteiger charge is 2.28. The number of rotatable bonds is 6. The van der Waals surface area contributed by atoms with E-state index in [-0.39, 0.29) is 5.91 Å². The Labute approximate surface area is 118 Å². The molecule has 1 amide bonds. The Morgan fingerprint density at radius 2 is 2.30 bits per heavy atom. The van der Waals surface area contributed by atoms with Crippen LogP contribution in [0.4, 0.5) is 0 Å². The molecule has 0 saturated heterocycles. The SMILES string of the molecule is Cc1oc(C2CC2)cc1C(=O)NCCCc1ccco1. The highest BCUT2D eigenvalue weighted by atomic mass is 16.3. The lowest BCUT2D eigenvalue weighted by atomic mass is 10.2. The Kier molecular flexibility index (Phi) is 3.63. The second-order valence-corrected chi connectivity index (χ2v) is 5.33. The molecule has 1 saturated carbocycles. The Balaban J connectivity index is 1.48. The van der Waals surface area contributed by atoms with Gasteiger partial charge >= 0.3 is 0 Å². The number of carbonyl (C=O) groups excluding carboxylic acids is 1. The van der Waals surface area contributed by atoms with Gasteiger partial charge in [-0.25, -0.2) is 0 Å². The lowest BCUT2D eigenvalue weighted by molar-refractivity contribution is 0.0951. The first-order chi connectivity index (χ1) is 9.74. The third-order valence-corrected chi connectivity index (χ3v) is 3.63. The summed E-state index contributed by atoms with van der Waals surface area (Å²) in [4.78, 5) is 12.1. The predicted molar refractivity (Wildman–Crippen MR) is 74.8 cm³/mol. The first-order valence-electron chi connectivity index (χ1n) is 7.15. The number of nitrogens with one attached hydrogen (secondary N) is 1. The molecule has 2 heterocycles. The van der Waals surface area contributed by atoms with Crippen LogP contribution in [0.2, 0.25) is 0 Å². The van der Waals surface area contributed by atoms with Gasteiger partial charge in [0.15, 0.2) is 0 Å². The molecule has 1 N–H and O–H groups in total. The molecule has 0 radical (unpaired) electrons. The number of furan rings is 2. The van der Waals surface area contributed by atoms with Crippen molar-refractivity contribution in [3.63, 3.8) is 0 Å². The second kappa shape index (κ2) is 5.57. The molecule has 0 aromatic carbocycles. The molecular weight excluding hydrogens is 254 g/mol. The number of amides is 1. The molecule has 0 bridgehead atoms. The summed E-state index contributed by atoms with van der Waals surface area (Å²) in [6, 6.07) is 5.72. The number of hydrogen-bond donors (Lipinski definition) is 1. The lowest BCUT2D eigenvalue weighted by Gasteiger charge is -2.03. The maximum Gasteiger partial charge on any atom is 0.254 e. The quantitative estimate of drug-likeness (QED) is 0.820. The molecule has 0 aliphatic heterocycles. The van der Waals surface area contributed by atoms with Gasteiger partial charge in [-0.1, -0.05) is 0 Å². The van der Waals surface area contributed by atoms with E-state index in [9.17, 15) is 4.79 Å². The average Bonchev–Trinajstić information content (AvgIpc) is 3.01. The fourth-order valence-corrected chi connectivity index (χ4v) is 2.31. The standard InChI is InChI=1S/C16H19NO3/c1-11-14(10-15(20-11)12-6-7-12)16(18)17-8-2-4-13-5-3-9-19-13/h3,5,9-10,12H,2,4,6-8H2,1H3,(H,17,18). The first kappa shape index (κ1) is 13.0. The van der Waals surface area contributed by atoms with Crippen LogP contribution in [0.25, 0.3) is 0 Å². The summed E-state index contributed by atoms with van der Waals surface area (Å²) in [5.41, 5.74) is 0.671. The van der Waals surface area contributed by atoms with E-state index in [0.29, 0.717) is 18.0 Å². The van der Waals surface area contributed by atoms with E-state index < -0.39 is 0 Å². The fourth-order valence-electron chi connectivity index (χ4n) is 2.31. The van der Waals surface area contributed by atoms with Gasteiger partial charge in [-0.2, -0.15) is 0 Å². The van der Waals surface area contributed by atoms with Crippen LogP contribution in [0.15, 0.2) is 33.3 Å². The van der Waals surface area contributed by atoms with E-state index >= 15 is 0 Å². The Morgan fingerprint density at radius 1 is 1.45 bits per heavy atom. The van der Waals surface area contributed by atoms with Gasteiger partial charge in [0.05, 0.1) is 11.8 Å². The van der Waals surface area contributed by atoms with Crippen molar-refractivity contribution in [3.8, 4) is 0 Å². The van der Waals surface area contributed by atoms with Crippen LogP contribution >= 0.6 is 0 Å². The van der Waals surface area contributed by atoms with E-state index in [2.05, 4.69) is 5.32 Å². The van der Waals surface area contributed by atoms with Crippen molar-refractivity contribution in [2.75, 3.05) is 6.54 Å². The van der Waals surface area contributed by atoms with Crippen molar-refractivity contribution in [3.05, 3.63) is 47.3 Å². The smallest absolute Gasteiger partial charge is 0.254 e. The normalized spacial score (nSPS) is 14.4. The van der Waals surface area contributed by atoms with Gasteiger partial charge < -0.3 is 14.2 Å². The van der Waals surface area contributed by atoms with Crippen molar-refractivity contribution in [2.45, 2.75) is 38.5 Å². The molecule has 1 aliphatic rings. The molecule has 20 heavy (non-hydrogen) atoms. The van der Waals surface area contributed by atoms with Crippen molar-refractivity contribution in [2.24, 2.45) is 0 Å². The van der Waals surface area contributed by atoms with E-state index in [1.54, 1.807) is 6.26 Å². The van der Waals surface area contributed by atoms with Crippen LogP contribution in [0.1, 0.15) is 52.8 Å². The Hall–Kier alpha value is -1.97. The summed E-state index contributed by atoms with van der Waals surface area (Å²) in [5.74, 6) is 3.13. The number of hydrogen-bond acceptors (Lipinski definition) is 3. The van der Waals surface area contributed by atoms with Gasteiger partial charge in [-0.15, -0.1) is 0 Å². The maximum atomic E-state index is 12.1. The van der Waals surface area contributed by atoms with Crippen LogP contribution in [0, 0.1) is 6.92 Å². The van der Waals surface area contributed by atoms with Crippen LogP contribution < -0.4 is 5.32 Å². The molecule has 106 valence electrons. The molecule has 2 aromatic rings. The van der Waals surface area contributed by atoms with Crippen molar-refractivity contribution >= 4 is 5.91 Å². The monoisotopic (exact) mass is 273 g/mol. The summed E-state index contributed by atoms with van der Waals surface area (Å²) in [6.07, 6.45) is 5.73. The minimum Gasteiger partial charge on any atom is -0.469 e. The van der Waals surface area contributed by atoms with Gasteiger partial charge in [-0.3, -0.25) is 4.79 Å². The predicted octanol–water partition coefficient (Wildman–Crippen LogP) is 3.42. The first-order valence-corrected chi connectivity index (χ1v) is 7.15. The van der Waals surface area contributed by atoms with Crippen LogP contribution in [-0.2, 0) is 6.42 Å². The summed E-state index contributed by atoms with van der Waals surface area (Å²) in [7, 11) is 0. The van der Waals surface area contributed by atoms with Gasteiger partial charge in [-0.05, 0) is 44.4 Å². The molecule has 4 nitrogen and oxygen atoms in total. The topological polar surface area (TPSA) is 55.4 Å². The zero-order valence-corrected chi connectivity index (χ0v) is 11.6. The molecule has 0 unspecified atom stereocenters. The van der Waals surface area contributed by atoms with E-state index in [4.69, 9.17) is 8.83 Å². The lowest BCUT2D eigenvalue weighted by Crippen LogP contribution is -2.24. The molecule has 4 heteroatoms. The highest BCUT2D eigenvalue weighted by Crippen LogP contribution is 2.41. The number of carbonyl (C=O) groups is 1. The van der Waals surface area contributed by atoms with E-state index in [1.807, 2.05) is 25.1 Å². The Morgan fingerprint density at radius 3 is 3.00 bits per heavy atom. The highest BCUT2D eigenvalue weighted by molar-refractivity contribution is 5.95. The summed E-state index contributed by atoms with van der Waals surface area (Å²) in [5, 5.41) is 2.93. The van der Waals surface area contributed by atoms with Gasteiger partial charge in [0.25, 0.3) is 5.91 Å². The largest absolute Gasteiger partial charge is 0.469 e. The molecule has 2 aromatic heterocycles. The van der Waals surface area contributed by atoms with E-state index in [0.717, 1.165) is 30.1 Å². The minimum atomic E-state index is -0.0439. The third-order valence-electron chi connectivity index (χ3n) is 3.63. The zero-order valence-electron chi connectivity index (χ0n) is 11.6. The van der Waals surface area contributed by atoms with Crippen LogP contribution in [0.5, 0.6) is 0 Å². The molecule has 1 fully saturated rings. The molecular formula is C16H19NO3. The van der Waals surface area contributed by atoms with Crippen molar-refractivity contribution in [1.82, 2.24) is 5.32 Å². The van der Waals surface area contributed by atoms with Gasteiger partial charge in [0.1, 0.15) is 17.3 Å². The van der Waals surface area contributed by atoms with Crippen LogP contribution in [-0.4, -0.2) is 12.5 Å². The molecule has 0 spiro atoms. The second-order valence-electron chi connectivity index (χ2n) is 5.33. The molecule has 3 rings (SSSR count). The Bertz CT molecular complexity index is 579. The summed E-state index contributed by atoms with van der Waals surface area (Å²) in [6.45, 7) is 2.49. The van der Waals surface area contributed by atoms with Gasteiger partial charge in [0, 0.05) is 18.9 Å². The summed E-state index contributed by atoms with van der Waals surface area (Å²) >= 11 is 0. The van der Waals surface area contributed by atoms with Crippen molar-refractivity contribution < 1.29 is 13.6 Å². The van der Waals surface area contributed by atoms with Gasteiger partial charge in [0.2, 0.25) is 0 Å². The zero-order chi connectivity index (χ0) is 13.9.